The molecule has 0 N–H and O–H groups in total. The van der Waals surface area contributed by atoms with Crippen LogP contribution in [-0.4, -0.2) is 28.0 Å². The van der Waals surface area contributed by atoms with Crippen LogP contribution in [-0.2, 0) is 6.54 Å². The molecule has 0 radical (unpaired) electrons. The second kappa shape index (κ2) is 7.51. The van der Waals surface area contributed by atoms with Gasteiger partial charge in [0.05, 0.1) is 22.3 Å². The lowest BCUT2D eigenvalue weighted by Gasteiger charge is -2.19. The molecule has 2 aromatic carbocycles. The molecular formula is C24H23N3O2. The van der Waals surface area contributed by atoms with Gasteiger partial charge in [0.25, 0.3) is 11.6 Å². The van der Waals surface area contributed by atoms with Crippen LogP contribution in [0.3, 0.4) is 0 Å². The van der Waals surface area contributed by atoms with Crippen LogP contribution in [0, 0.1) is 20.8 Å². The summed E-state index contributed by atoms with van der Waals surface area (Å²) in [4.78, 5) is 19.7. The van der Waals surface area contributed by atoms with E-state index in [1.54, 1.807) is 4.90 Å². The van der Waals surface area contributed by atoms with Crippen molar-refractivity contribution in [1.29, 1.82) is 0 Å². The molecule has 0 spiro atoms. The Labute approximate surface area is 170 Å². The third kappa shape index (κ3) is 3.63. The lowest BCUT2D eigenvalue weighted by Crippen LogP contribution is -2.27. The molecule has 29 heavy (non-hydrogen) atoms. The molecule has 0 unspecified atom stereocenters. The molecule has 1 amide bonds. The number of carbonyl (C=O) groups excluding carboxylic acids is 1. The molecule has 0 bridgehead atoms. The number of fused-ring (bicyclic) bond motifs is 1. The second-order valence-electron chi connectivity index (χ2n) is 7.46. The average Bonchev–Trinajstić information content (AvgIpc) is 3.10. The molecule has 2 aromatic heterocycles. The Hall–Kier alpha value is -3.47. The van der Waals surface area contributed by atoms with Crippen LogP contribution in [0.1, 0.15) is 32.7 Å². The summed E-state index contributed by atoms with van der Waals surface area (Å²) in [6.07, 6.45) is 0. The van der Waals surface area contributed by atoms with Gasteiger partial charge in [0.1, 0.15) is 0 Å². The molecule has 0 saturated heterocycles. The van der Waals surface area contributed by atoms with E-state index < -0.39 is 0 Å². The molecule has 146 valence electrons. The highest BCUT2D eigenvalue weighted by Crippen LogP contribution is 2.28. The third-order valence-corrected chi connectivity index (χ3v) is 5.17. The Morgan fingerprint density at radius 3 is 2.52 bits per heavy atom. The predicted molar refractivity (Wildman–Crippen MR) is 114 cm³/mol. The number of hydrogen-bond donors (Lipinski definition) is 0. The van der Waals surface area contributed by atoms with Crippen LogP contribution in [0.25, 0.3) is 22.4 Å². The minimum Gasteiger partial charge on any atom is -0.337 e. The van der Waals surface area contributed by atoms with Crippen molar-refractivity contribution in [1.82, 2.24) is 15.0 Å². The first kappa shape index (κ1) is 18.9. The molecule has 5 nitrogen and oxygen atoms in total. The van der Waals surface area contributed by atoms with Gasteiger partial charge in [-0.1, -0.05) is 59.3 Å². The van der Waals surface area contributed by atoms with E-state index in [9.17, 15) is 4.79 Å². The van der Waals surface area contributed by atoms with Crippen molar-refractivity contribution in [3.05, 3.63) is 82.5 Å². The van der Waals surface area contributed by atoms with Crippen LogP contribution in [0.15, 0.2) is 59.1 Å². The number of nitrogens with zero attached hydrogens (tertiary/aromatic N) is 3. The summed E-state index contributed by atoms with van der Waals surface area (Å²) in [5, 5.41) is 4.70. The zero-order valence-electron chi connectivity index (χ0n) is 17.1. The fourth-order valence-electron chi connectivity index (χ4n) is 3.58. The summed E-state index contributed by atoms with van der Waals surface area (Å²) in [5.74, 6) is -0.0825. The van der Waals surface area contributed by atoms with Gasteiger partial charge in [0.15, 0.2) is 0 Å². The fourth-order valence-corrected chi connectivity index (χ4v) is 3.58. The first-order chi connectivity index (χ1) is 13.9. The summed E-state index contributed by atoms with van der Waals surface area (Å²) in [6, 6.07) is 17.9. The number of hydrogen-bond acceptors (Lipinski definition) is 4. The zero-order valence-corrected chi connectivity index (χ0v) is 17.1. The molecule has 0 aliphatic rings. The highest BCUT2D eigenvalue weighted by atomic mass is 16.5. The van der Waals surface area contributed by atoms with Crippen molar-refractivity contribution in [2.45, 2.75) is 27.3 Å². The van der Waals surface area contributed by atoms with E-state index >= 15 is 0 Å². The Bertz CT molecular complexity index is 1200. The molecule has 0 atom stereocenters. The Morgan fingerprint density at radius 1 is 1.03 bits per heavy atom. The zero-order chi connectivity index (χ0) is 20.5. The lowest BCUT2D eigenvalue weighted by atomic mass is 10.0. The Balaban J connectivity index is 1.75. The van der Waals surface area contributed by atoms with E-state index in [4.69, 9.17) is 4.52 Å². The first-order valence-electron chi connectivity index (χ1n) is 9.58. The highest BCUT2D eigenvalue weighted by molar-refractivity contribution is 6.06. The van der Waals surface area contributed by atoms with E-state index in [2.05, 4.69) is 42.2 Å². The predicted octanol–water partition coefficient (Wildman–Crippen LogP) is 5.09. The summed E-state index contributed by atoms with van der Waals surface area (Å²) < 4.78 is 5.40. The van der Waals surface area contributed by atoms with Gasteiger partial charge in [-0.25, -0.2) is 4.98 Å². The van der Waals surface area contributed by atoms with E-state index in [0.717, 1.165) is 11.1 Å². The highest BCUT2D eigenvalue weighted by Gasteiger charge is 2.22. The molecule has 2 heterocycles. The van der Waals surface area contributed by atoms with E-state index in [-0.39, 0.29) is 5.91 Å². The molecule has 4 aromatic rings. The lowest BCUT2D eigenvalue weighted by molar-refractivity contribution is 0.0786. The Morgan fingerprint density at radius 2 is 1.79 bits per heavy atom. The van der Waals surface area contributed by atoms with Gasteiger partial charge >= 0.3 is 0 Å². The minimum absolute atomic E-state index is 0.0825. The number of aryl methyl sites for hydroxylation is 3. The van der Waals surface area contributed by atoms with Crippen molar-refractivity contribution < 1.29 is 9.32 Å². The van der Waals surface area contributed by atoms with Crippen LogP contribution >= 0.6 is 0 Å². The normalized spacial score (nSPS) is 11.0. The van der Waals surface area contributed by atoms with E-state index in [1.807, 2.05) is 50.4 Å². The number of aromatic nitrogens is 2. The quantitative estimate of drug-likeness (QED) is 0.491. The van der Waals surface area contributed by atoms with Crippen molar-refractivity contribution in [3.63, 3.8) is 0 Å². The maximum Gasteiger partial charge on any atom is 0.259 e. The number of pyridine rings is 1. The van der Waals surface area contributed by atoms with Crippen LogP contribution in [0.4, 0.5) is 0 Å². The number of amides is 1. The van der Waals surface area contributed by atoms with Gasteiger partial charge in [0, 0.05) is 19.2 Å². The number of carbonyl (C=O) groups is 1. The standard InChI is InChI=1S/C24H23N3O2/c1-15-10-11-19(16(2)12-15)14-27(4)24(28)20-13-21(18-8-6-5-7-9-18)25-23-22(20)17(3)26-29-23/h5-13H,14H2,1-4H3. The summed E-state index contributed by atoms with van der Waals surface area (Å²) >= 11 is 0. The number of benzene rings is 2. The SMILES string of the molecule is Cc1ccc(CN(C)C(=O)c2cc(-c3ccccc3)nc3onc(C)c23)c(C)c1. The van der Waals surface area contributed by atoms with Crippen LogP contribution in [0.5, 0.6) is 0 Å². The average molecular weight is 385 g/mol. The molecule has 0 aliphatic carbocycles. The number of rotatable bonds is 4. The molecule has 0 fully saturated rings. The third-order valence-electron chi connectivity index (χ3n) is 5.17. The molecular weight excluding hydrogens is 362 g/mol. The molecule has 5 heteroatoms. The van der Waals surface area contributed by atoms with E-state index in [0.29, 0.717) is 34.6 Å². The fraction of sp³-hybridized carbons (Fsp3) is 0.208. The van der Waals surface area contributed by atoms with Crippen molar-refractivity contribution >= 4 is 17.0 Å². The molecule has 4 rings (SSSR count). The first-order valence-corrected chi connectivity index (χ1v) is 9.58. The van der Waals surface area contributed by atoms with Crippen LogP contribution < -0.4 is 0 Å². The van der Waals surface area contributed by atoms with Crippen molar-refractivity contribution in [3.8, 4) is 11.3 Å². The Kier molecular flexibility index (Phi) is 4.89. The van der Waals surface area contributed by atoms with Gasteiger partial charge in [-0.3, -0.25) is 4.79 Å². The van der Waals surface area contributed by atoms with Crippen molar-refractivity contribution in [2.75, 3.05) is 7.05 Å². The van der Waals surface area contributed by atoms with Gasteiger partial charge in [-0.05, 0) is 38.0 Å². The van der Waals surface area contributed by atoms with Gasteiger partial charge in [-0.2, -0.15) is 0 Å². The summed E-state index contributed by atoms with van der Waals surface area (Å²) in [6.45, 7) is 6.50. The van der Waals surface area contributed by atoms with Gasteiger partial charge in [-0.15, -0.1) is 0 Å². The largest absolute Gasteiger partial charge is 0.337 e. The van der Waals surface area contributed by atoms with Crippen molar-refractivity contribution in [2.24, 2.45) is 0 Å². The van der Waals surface area contributed by atoms with Gasteiger partial charge in [0.2, 0.25) is 0 Å². The molecule has 0 aliphatic heterocycles. The maximum absolute atomic E-state index is 13.4. The topological polar surface area (TPSA) is 59.2 Å². The van der Waals surface area contributed by atoms with E-state index in [1.165, 1.54) is 11.1 Å². The van der Waals surface area contributed by atoms with Gasteiger partial charge < -0.3 is 9.42 Å². The molecule has 0 saturated carbocycles. The smallest absolute Gasteiger partial charge is 0.259 e. The summed E-state index contributed by atoms with van der Waals surface area (Å²) in [5.41, 5.74) is 6.73. The minimum atomic E-state index is -0.0825. The summed E-state index contributed by atoms with van der Waals surface area (Å²) in [7, 11) is 1.82. The second-order valence-corrected chi connectivity index (χ2v) is 7.46. The monoisotopic (exact) mass is 385 g/mol. The van der Waals surface area contributed by atoms with Crippen LogP contribution in [0.2, 0.25) is 0 Å². The maximum atomic E-state index is 13.4.